The molecule has 0 aliphatic carbocycles. The first-order valence-corrected chi connectivity index (χ1v) is 6.95. The minimum Gasteiger partial charge on any atom is -0.382 e. The molecule has 0 radical (unpaired) electrons. The number of aliphatic hydroxyl groups is 1. The molecule has 5 heteroatoms. The molecule has 1 unspecified atom stereocenters. The van der Waals surface area contributed by atoms with E-state index in [1.807, 2.05) is 22.9 Å². The van der Waals surface area contributed by atoms with E-state index in [0.717, 1.165) is 28.7 Å². The second-order valence-electron chi connectivity index (χ2n) is 4.06. The molecule has 3 nitrogen and oxygen atoms in total. The highest BCUT2D eigenvalue weighted by atomic mass is 79.9. The van der Waals surface area contributed by atoms with Gasteiger partial charge >= 0.3 is 0 Å². The third kappa shape index (κ3) is 2.76. The molecule has 1 heterocycles. The number of nitrogens with zero attached hydrogens (tertiary/aromatic N) is 2. The first kappa shape index (κ1) is 13.6. The maximum Gasteiger partial charge on any atom is 0.121 e. The van der Waals surface area contributed by atoms with E-state index >= 15 is 0 Å². The number of aliphatic hydroxyl groups excluding tert-OH is 1. The molecule has 1 aromatic heterocycles. The van der Waals surface area contributed by atoms with Gasteiger partial charge in [0.05, 0.1) is 10.7 Å². The summed E-state index contributed by atoms with van der Waals surface area (Å²) in [6.07, 6.45) is 1.97. The number of aromatic nitrogens is 2. The van der Waals surface area contributed by atoms with E-state index in [1.165, 1.54) is 0 Å². The monoisotopic (exact) mass is 328 g/mol. The van der Waals surface area contributed by atoms with E-state index in [-0.39, 0.29) is 0 Å². The van der Waals surface area contributed by atoms with Crippen LogP contribution in [0.4, 0.5) is 0 Å². The standard InChI is InChI=1S/C13H14BrClN2O/c1-2-7-17-12(5-6-16-17)13(18)9-3-4-10(14)11(15)8-9/h3-6,8,13,18H,2,7H2,1H3. The van der Waals surface area contributed by atoms with Gasteiger partial charge in [-0.2, -0.15) is 5.10 Å². The third-order valence-electron chi connectivity index (χ3n) is 2.72. The minimum atomic E-state index is -0.704. The van der Waals surface area contributed by atoms with E-state index in [9.17, 15) is 5.11 Å². The molecular formula is C13H14BrClN2O. The highest BCUT2D eigenvalue weighted by Gasteiger charge is 2.16. The van der Waals surface area contributed by atoms with Crippen molar-refractivity contribution >= 4 is 27.5 Å². The minimum absolute atomic E-state index is 0.591. The molecule has 0 saturated carbocycles. The molecule has 96 valence electrons. The van der Waals surface area contributed by atoms with Gasteiger partial charge in [-0.25, -0.2) is 0 Å². The van der Waals surface area contributed by atoms with Gasteiger partial charge in [-0.05, 0) is 46.1 Å². The summed E-state index contributed by atoms with van der Waals surface area (Å²) in [7, 11) is 0. The average Bonchev–Trinajstić information content (AvgIpc) is 2.80. The quantitative estimate of drug-likeness (QED) is 0.926. The lowest BCUT2D eigenvalue weighted by molar-refractivity contribution is 0.207. The Bertz CT molecular complexity index is 542. The SMILES string of the molecule is CCCn1nccc1C(O)c1ccc(Br)c(Cl)c1. The Balaban J connectivity index is 2.32. The Labute approximate surface area is 120 Å². The molecule has 0 amide bonds. The molecule has 18 heavy (non-hydrogen) atoms. The summed E-state index contributed by atoms with van der Waals surface area (Å²) in [5.41, 5.74) is 1.55. The van der Waals surface area contributed by atoms with Crippen LogP contribution in [0.15, 0.2) is 34.9 Å². The van der Waals surface area contributed by atoms with Crippen molar-refractivity contribution in [1.29, 1.82) is 0 Å². The van der Waals surface area contributed by atoms with Gasteiger partial charge in [-0.1, -0.05) is 24.6 Å². The maximum atomic E-state index is 10.4. The van der Waals surface area contributed by atoms with Gasteiger partial charge in [0.15, 0.2) is 0 Å². The summed E-state index contributed by atoms with van der Waals surface area (Å²) in [6.45, 7) is 2.87. The molecule has 0 bridgehead atoms. The summed E-state index contributed by atoms with van der Waals surface area (Å²) < 4.78 is 2.64. The van der Waals surface area contributed by atoms with Crippen LogP contribution in [0.25, 0.3) is 0 Å². The van der Waals surface area contributed by atoms with Gasteiger partial charge in [-0.15, -0.1) is 0 Å². The van der Waals surface area contributed by atoms with E-state index in [4.69, 9.17) is 11.6 Å². The van der Waals surface area contributed by atoms with Crippen molar-refractivity contribution in [2.24, 2.45) is 0 Å². The molecule has 1 N–H and O–H groups in total. The van der Waals surface area contributed by atoms with Gasteiger partial charge in [0, 0.05) is 17.2 Å². The van der Waals surface area contributed by atoms with E-state index < -0.39 is 6.10 Å². The molecule has 0 aliphatic heterocycles. The second-order valence-corrected chi connectivity index (χ2v) is 5.32. The van der Waals surface area contributed by atoms with Crippen molar-refractivity contribution in [3.8, 4) is 0 Å². The first-order valence-electron chi connectivity index (χ1n) is 5.78. The van der Waals surface area contributed by atoms with Crippen LogP contribution in [0.1, 0.15) is 30.7 Å². The highest BCUT2D eigenvalue weighted by Crippen LogP contribution is 2.28. The molecular weight excluding hydrogens is 316 g/mol. The van der Waals surface area contributed by atoms with Crippen molar-refractivity contribution in [1.82, 2.24) is 9.78 Å². The topological polar surface area (TPSA) is 38.0 Å². The molecule has 0 aliphatic rings. The number of aryl methyl sites for hydroxylation is 1. The fraction of sp³-hybridized carbons (Fsp3) is 0.308. The summed E-state index contributed by atoms with van der Waals surface area (Å²) in [6, 6.07) is 7.28. The Morgan fingerprint density at radius 3 is 2.89 bits per heavy atom. The Kier molecular flexibility index (Phi) is 4.43. The second kappa shape index (κ2) is 5.87. The predicted octanol–water partition coefficient (Wildman–Crippen LogP) is 3.79. The Morgan fingerprint density at radius 1 is 1.44 bits per heavy atom. The smallest absolute Gasteiger partial charge is 0.121 e. The zero-order valence-electron chi connectivity index (χ0n) is 9.98. The van der Waals surface area contributed by atoms with E-state index in [2.05, 4.69) is 28.0 Å². The molecule has 1 atom stereocenters. The van der Waals surface area contributed by atoms with E-state index in [0.29, 0.717) is 5.02 Å². The normalized spacial score (nSPS) is 12.7. The fourth-order valence-corrected chi connectivity index (χ4v) is 2.26. The average molecular weight is 330 g/mol. The highest BCUT2D eigenvalue weighted by molar-refractivity contribution is 9.10. The van der Waals surface area contributed by atoms with Gasteiger partial charge in [0.2, 0.25) is 0 Å². The van der Waals surface area contributed by atoms with Crippen molar-refractivity contribution in [3.63, 3.8) is 0 Å². The number of hydrogen-bond acceptors (Lipinski definition) is 2. The van der Waals surface area contributed by atoms with Crippen LogP contribution in [0.2, 0.25) is 5.02 Å². The van der Waals surface area contributed by atoms with Crippen LogP contribution >= 0.6 is 27.5 Å². The first-order chi connectivity index (χ1) is 8.63. The number of benzene rings is 1. The van der Waals surface area contributed by atoms with Crippen LogP contribution in [0.3, 0.4) is 0 Å². The van der Waals surface area contributed by atoms with Gasteiger partial charge < -0.3 is 5.11 Å². The van der Waals surface area contributed by atoms with Crippen LogP contribution in [-0.2, 0) is 6.54 Å². The predicted molar refractivity (Wildman–Crippen MR) is 75.7 cm³/mol. The van der Waals surface area contributed by atoms with Crippen molar-refractivity contribution < 1.29 is 5.11 Å². The Morgan fingerprint density at radius 2 is 2.22 bits per heavy atom. The summed E-state index contributed by atoms with van der Waals surface area (Å²) in [5.74, 6) is 0. The Hall–Kier alpha value is -0.840. The molecule has 1 aromatic carbocycles. The zero-order chi connectivity index (χ0) is 13.1. The third-order valence-corrected chi connectivity index (χ3v) is 3.96. The summed E-state index contributed by atoms with van der Waals surface area (Å²) in [4.78, 5) is 0. The van der Waals surface area contributed by atoms with Crippen LogP contribution in [0, 0.1) is 0 Å². The number of halogens is 2. The van der Waals surface area contributed by atoms with Crippen molar-refractivity contribution in [2.45, 2.75) is 26.0 Å². The molecule has 2 aromatic rings. The fourth-order valence-electron chi connectivity index (χ4n) is 1.83. The van der Waals surface area contributed by atoms with Crippen LogP contribution in [-0.4, -0.2) is 14.9 Å². The van der Waals surface area contributed by atoms with Gasteiger partial charge in [0.1, 0.15) is 6.10 Å². The molecule has 2 rings (SSSR count). The largest absolute Gasteiger partial charge is 0.382 e. The van der Waals surface area contributed by atoms with Gasteiger partial charge in [-0.3, -0.25) is 4.68 Å². The molecule has 0 fully saturated rings. The van der Waals surface area contributed by atoms with Gasteiger partial charge in [0.25, 0.3) is 0 Å². The number of hydrogen-bond donors (Lipinski definition) is 1. The van der Waals surface area contributed by atoms with Crippen LogP contribution in [0.5, 0.6) is 0 Å². The number of rotatable bonds is 4. The summed E-state index contributed by atoms with van der Waals surface area (Å²) in [5, 5.41) is 15.2. The lowest BCUT2D eigenvalue weighted by Gasteiger charge is -2.14. The van der Waals surface area contributed by atoms with Crippen molar-refractivity contribution in [3.05, 3.63) is 51.2 Å². The van der Waals surface area contributed by atoms with Crippen LogP contribution < -0.4 is 0 Å². The lowest BCUT2D eigenvalue weighted by Crippen LogP contribution is -2.10. The maximum absolute atomic E-state index is 10.4. The summed E-state index contributed by atoms with van der Waals surface area (Å²) >= 11 is 9.38. The molecule has 0 spiro atoms. The zero-order valence-corrected chi connectivity index (χ0v) is 12.3. The van der Waals surface area contributed by atoms with E-state index in [1.54, 1.807) is 12.3 Å². The molecule has 0 saturated heterocycles. The van der Waals surface area contributed by atoms with Crippen molar-refractivity contribution in [2.75, 3.05) is 0 Å². The lowest BCUT2D eigenvalue weighted by atomic mass is 10.1.